The van der Waals surface area contributed by atoms with Crippen molar-refractivity contribution in [2.24, 2.45) is 5.92 Å². The van der Waals surface area contributed by atoms with Gasteiger partial charge in [-0.2, -0.15) is 0 Å². The van der Waals surface area contributed by atoms with E-state index in [9.17, 15) is 5.11 Å². The molecule has 0 aromatic carbocycles. The van der Waals surface area contributed by atoms with E-state index in [2.05, 4.69) is 6.92 Å². The second-order valence-corrected chi connectivity index (χ2v) is 2.50. The van der Waals surface area contributed by atoms with Crippen molar-refractivity contribution in [1.29, 1.82) is 0 Å². The smallest absolute Gasteiger partial charge is 0.876 e. The third-order valence-electron chi connectivity index (χ3n) is 1.55. The third kappa shape index (κ3) is 2.98. The zero-order valence-corrected chi connectivity index (χ0v) is 6.18. The van der Waals surface area contributed by atoms with Crippen molar-refractivity contribution in [3.63, 3.8) is 0 Å². The summed E-state index contributed by atoms with van der Waals surface area (Å²) in [5.41, 5.74) is 0. The molecule has 0 spiro atoms. The van der Waals surface area contributed by atoms with Gasteiger partial charge in [-0.3, -0.25) is 0 Å². The summed E-state index contributed by atoms with van der Waals surface area (Å²) in [4.78, 5) is 0. The molecule has 1 rings (SSSR count). The van der Waals surface area contributed by atoms with Crippen LogP contribution in [0.3, 0.4) is 0 Å². The maximum Gasteiger partial charge on any atom is 1.00 e. The Balaban J connectivity index is 0.000000640. The zero-order valence-electron chi connectivity index (χ0n) is 6.18. The molecule has 0 aliphatic heterocycles. The Morgan fingerprint density at radius 1 is 1.67 bits per heavy atom. The first-order valence-corrected chi connectivity index (χ1v) is 3.17. The molecule has 1 atom stereocenters. The van der Waals surface area contributed by atoms with Crippen LogP contribution in [-0.2, 0) is 0 Å². The summed E-state index contributed by atoms with van der Waals surface area (Å²) in [7, 11) is 0. The average Bonchev–Trinajstić information content (AvgIpc) is 1.64. The van der Waals surface area contributed by atoms with Crippen LogP contribution in [0.4, 0.5) is 0 Å². The molecule has 1 unspecified atom stereocenters. The zero-order chi connectivity index (χ0) is 5.98. The van der Waals surface area contributed by atoms with E-state index in [1.807, 2.05) is 6.08 Å². The first-order chi connectivity index (χ1) is 3.79. The molecule has 0 radical (unpaired) electrons. The Labute approximate surface area is 68.3 Å². The first-order valence-electron chi connectivity index (χ1n) is 3.17. The van der Waals surface area contributed by atoms with Crippen LogP contribution in [0.1, 0.15) is 26.2 Å². The van der Waals surface area contributed by atoms with Crippen molar-refractivity contribution >= 4 is 0 Å². The summed E-state index contributed by atoms with van der Waals surface area (Å²) in [5.74, 6) is 0.875. The molecule has 2 heteroatoms. The van der Waals surface area contributed by atoms with Crippen LogP contribution >= 0.6 is 0 Å². The van der Waals surface area contributed by atoms with Crippen LogP contribution in [0.5, 0.6) is 0 Å². The van der Waals surface area contributed by atoms with Gasteiger partial charge in [0, 0.05) is 0 Å². The second-order valence-electron chi connectivity index (χ2n) is 2.50. The van der Waals surface area contributed by atoms with Crippen LogP contribution in [0, 0.1) is 5.92 Å². The summed E-state index contributed by atoms with van der Waals surface area (Å²) in [5, 5.41) is 10.6. The van der Waals surface area contributed by atoms with Gasteiger partial charge in [-0.15, -0.1) is 5.76 Å². The fourth-order valence-electron chi connectivity index (χ4n) is 1.08. The quantitative estimate of drug-likeness (QED) is 0.339. The Morgan fingerprint density at radius 2 is 2.33 bits per heavy atom. The van der Waals surface area contributed by atoms with Crippen LogP contribution in [0.25, 0.3) is 0 Å². The largest absolute Gasteiger partial charge is 1.00 e. The van der Waals surface area contributed by atoms with Gasteiger partial charge in [0.25, 0.3) is 0 Å². The molecule has 0 aromatic heterocycles. The van der Waals surface area contributed by atoms with Gasteiger partial charge < -0.3 is 5.11 Å². The van der Waals surface area contributed by atoms with Crippen molar-refractivity contribution in [3.05, 3.63) is 11.8 Å². The van der Waals surface area contributed by atoms with E-state index < -0.39 is 0 Å². The number of hydrogen-bond donors (Lipinski definition) is 0. The fraction of sp³-hybridized carbons (Fsp3) is 0.714. The van der Waals surface area contributed by atoms with E-state index in [-0.39, 0.29) is 18.9 Å². The van der Waals surface area contributed by atoms with E-state index in [1.165, 1.54) is 6.42 Å². The van der Waals surface area contributed by atoms with Crippen molar-refractivity contribution in [3.8, 4) is 0 Å². The minimum atomic E-state index is 0. The summed E-state index contributed by atoms with van der Waals surface area (Å²) in [6.07, 6.45) is 4.91. The summed E-state index contributed by atoms with van der Waals surface area (Å²) < 4.78 is 0. The van der Waals surface area contributed by atoms with Crippen LogP contribution in [0.15, 0.2) is 11.8 Å². The van der Waals surface area contributed by atoms with E-state index in [1.54, 1.807) is 0 Å². The number of hydrogen-bond acceptors (Lipinski definition) is 1. The van der Waals surface area contributed by atoms with Gasteiger partial charge in [0.1, 0.15) is 0 Å². The summed E-state index contributed by atoms with van der Waals surface area (Å²) in [6, 6.07) is 0. The Bertz CT molecular complexity index is 109. The van der Waals surface area contributed by atoms with Crippen molar-refractivity contribution in [1.82, 2.24) is 0 Å². The van der Waals surface area contributed by atoms with Crippen molar-refractivity contribution in [2.45, 2.75) is 26.2 Å². The van der Waals surface area contributed by atoms with Crippen LogP contribution in [0.2, 0.25) is 0 Å². The molecule has 46 valence electrons. The van der Waals surface area contributed by atoms with E-state index in [0.717, 1.165) is 12.8 Å². The molecule has 0 fully saturated rings. The van der Waals surface area contributed by atoms with Crippen molar-refractivity contribution < 1.29 is 24.0 Å². The Morgan fingerprint density at radius 3 is 2.67 bits per heavy atom. The monoisotopic (exact) mass is 118 g/mol. The molecule has 0 heterocycles. The number of rotatable bonds is 0. The topological polar surface area (TPSA) is 23.1 Å². The predicted molar refractivity (Wildman–Crippen MR) is 31.1 cm³/mol. The minimum Gasteiger partial charge on any atom is -0.876 e. The predicted octanol–water partition coefficient (Wildman–Crippen LogP) is -1.95. The molecule has 0 aromatic rings. The molecule has 0 saturated carbocycles. The van der Waals surface area contributed by atoms with Crippen LogP contribution in [-0.4, -0.2) is 0 Å². The fourth-order valence-corrected chi connectivity index (χ4v) is 1.08. The molecule has 0 amide bonds. The van der Waals surface area contributed by atoms with E-state index in [0.29, 0.717) is 11.7 Å². The van der Waals surface area contributed by atoms with Gasteiger partial charge in [0.05, 0.1) is 0 Å². The molecular formula is C7H11LiO. The molecule has 1 nitrogen and oxygen atoms in total. The van der Waals surface area contributed by atoms with Gasteiger partial charge in [-0.05, 0) is 25.2 Å². The summed E-state index contributed by atoms with van der Waals surface area (Å²) >= 11 is 0. The molecule has 1 aliphatic carbocycles. The normalized spacial score (nSPS) is 26.3. The maximum absolute atomic E-state index is 10.6. The molecule has 0 saturated heterocycles. The van der Waals surface area contributed by atoms with Gasteiger partial charge in [-0.1, -0.05) is 13.0 Å². The molecule has 1 aliphatic rings. The molecule has 0 N–H and O–H groups in total. The Hall–Kier alpha value is 0.137. The van der Waals surface area contributed by atoms with Gasteiger partial charge in [-0.25, -0.2) is 0 Å². The van der Waals surface area contributed by atoms with Crippen molar-refractivity contribution in [2.75, 3.05) is 0 Å². The first kappa shape index (κ1) is 9.14. The maximum atomic E-state index is 10.6. The standard InChI is InChI=1S/C7H12O.Li/c1-6-3-2-4-7(8)5-6;/h5-6,8H,2-4H2,1H3;/q;+1/p-1. The van der Waals surface area contributed by atoms with E-state index in [4.69, 9.17) is 0 Å². The van der Waals surface area contributed by atoms with Gasteiger partial charge >= 0.3 is 18.9 Å². The summed E-state index contributed by atoms with van der Waals surface area (Å²) in [6.45, 7) is 2.09. The number of allylic oxidation sites excluding steroid dienone is 2. The van der Waals surface area contributed by atoms with Crippen LogP contribution < -0.4 is 24.0 Å². The Kier molecular flexibility index (Phi) is 4.10. The molecular weight excluding hydrogens is 107 g/mol. The van der Waals surface area contributed by atoms with E-state index >= 15 is 0 Å². The molecule has 9 heavy (non-hydrogen) atoms. The third-order valence-corrected chi connectivity index (χ3v) is 1.55. The average molecular weight is 118 g/mol. The molecule has 0 bridgehead atoms. The SMILES string of the molecule is CC1C=C([O-])CCC1.[Li+]. The second kappa shape index (κ2) is 4.03. The minimum absolute atomic E-state index is 0. The van der Waals surface area contributed by atoms with Gasteiger partial charge in [0.2, 0.25) is 0 Å². The van der Waals surface area contributed by atoms with Gasteiger partial charge in [0.15, 0.2) is 0 Å².